The summed E-state index contributed by atoms with van der Waals surface area (Å²) >= 11 is 0. The third-order valence-corrected chi connectivity index (χ3v) is 1.36. The Kier molecular flexibility index (Phi) is 2.52. The third-order valence-electron chi connectivity index (χ3n) is 1.36. The molecular weight excluding hydrogens is 148 g/mol. The smallest absolute Gasteiger partial charge is 0.242 e. The highest BCUT2D eigenvalue weighted by Gasteiger charge is 2.03. The Bertz CT molecular complexity index is 218. The van der Waals surface area contributed by atoms with Crippen LogP contribution in [0.5, 0.6) is 0 Å². The maximum Gasteiger partial charge on any atom is 0.242 e. The minimum absolute atomic E-state index is 0.201. The average Bonchev–Trinajstić information content (AvgIpc) is 1.93. The van der Waals surface area contributed by atoms with Crippen molar-refractivity contribution in [2.24, 2.45) is 0 Å². The highest BCUT2D eigenvalue weighted by Crippen LogP contribution is 2.05. The van der Waals surface area contributed by atoms with Gasteiger partial charge in [-0.05, 0) is 18.6 Å². The monoisotopic (exact) mass is 157 g/mol. The topological polar surface area (TPSA) is 12.9 Å². The van der Waals surface area contributed by atoms with Gasteiger partial charge in [-0.25, -0.2) is 8.78 Å². The molecule has 60 valence electrons. The molecule has 0 spiro atoms. The molecule has 1 nitrogen and oxygen atoms in total. The first-order valence-electron chi connectivity index (χ1n) is 3.38. The molecule has 11 heavy (non-hydrogen) atoms. The molecule has 0 unspecified atom stereocenters. The summed E-state index contributed by atoms with van der Waals surface area (Å²) in [7, 11) is 0. The molecule has 1 aromatic heterocycles. The Morgan fingerprint density at radius 3 is 2.64 bits per heavy atom. The number of hydrogen-bond donors (Lipinski definition) is 0. The van der Waals surface area contributed by atoms with Crippen molar-refractivity contribution in [2.45, 2.75) is 19.8 Å². The van der Waals surface area contributed by atoms with E-state index in [1.54, 1.807) is 12.1 Å². The molecule has 0 bridgehead atoms. The molecule has 0 fully saturated rings. The standard InChI is InChI=1S/C8H9F2N/c1-6-2-3-7(5-11-6)4-8(9)10/h2-3,5,8H,4H2,1H3. The highest BCUT2D eigenvalue weighted by atomic mass is 19.3. The molecule has 0 aromatic carbocycles. The largest absolute Gasteiger partial charge is 0.261 e. The second-order valence-electron chi connectivity index (χ2n) is 2.40. The maximum atomic E-state index is 11.8. The van der Waals surface area contributed by atoms with Crippen molar-refractivity contribution in [1.29, 1.82) is 0 Å². The number of halogens is 2. The molecule has 0 saturated heterocycles. The molecule has 3 heteroatoms. The predicted molar refractivity (Wildman–Crippen MR) is 38.7 cm³/mol. The van der Waals surface area contributed by atoms with Gasteiger partial charge in [-0.15, -0.1) is 0 Å². The summed E-state index contributed by atoms with van der Waals surface area (Å²) in [6.07, 6.45) is -0.992. The van der Waals surface area contributed by atoms with Crippen LogP contribution < -0.4 is 0 Å². The van der Waals surface area contributed by atoms with Gasteiger partial charge in [0.15, 0.2) is 0 Å². The van der Waals surface area contributed by atoms with E-state index in [1.807, 2.05) is 6.92 Å². The van der Waals surface area contributed by atoms with Crippen molar-refractivity contribution in [2.75, 3.05) is 0 Å². The van der Waals surface area contributed by atoms with Crippen LogP contribution in [0.3, 0.4) is 0 Å². The Balaban J connectivity index is 2.66. The Labute approximate surface area is 64.1 Å². The van der Waals surface area contributed by atoms with Crippen molar-refractivity contribution >= 4 is 0 Å². The van der Waals surface area contributed by atoms with E-state index < -0.39 is 6.43 Å². The molecule has 0 atom stereocenters. The summed E-state index contributed by atoms with van der Waals surface area (Å²) in [5, 5.41) is 0. The summed E-state index contributed by atoms with van der Waals surface area (Å²) in [5.74, 6) is 0. The summed E-state index contributed by atoms with van der Waals surface area (Å²) in [6.45, 7) is 1.83. The number of aromatic nitrogens is 1. The molecule has 1 rings (SSSR count). The van der Waals surface area contributed by atoms with Gasteiger partial charge in [0.1, 0.15) is 0 Å². The van der Waals surface area contributed by atoms with Crippen LogP contribution in [0.1, 0.15) is 11.3 Å². The van der Waals surface area contributed by atoms with Crippen molar-refractivity contribution in [3.63, 3.8) is 0 Å². The quantitative estimate of drug-likeness (QED) is 0.641. The lowest BCUT2D eigenvalue weighted by atomic mass is 10.2. The third kappa shape index (κ3) is 2.62. The van der Waals surface area contributed by atoms with Gasteiger partial charge < -0.3 is 0 Å². The molecule has 0 aliphatic heterocycles. The lowest BCUT2D eigenvalue weighted by molar-refractivity contribution is 0.149. The summed E-state index contributed by atoms with van der Waals surface area (Å²) in [5.41, 5.74) is 1.44. The van der Waals surface area contributed by atoms with Gasteiger partial charge in [-0.3, -0.25) is 4.98 Å². The van der Waals surface area contributed by atoms with E-state index in [-0.39, 0.29) is 6.42 Å². The van der Waals surface area contributed by atoms with Crippen LogP contribution >= 0.6 is 0 Å². The van der Waals surface area contributed by atoms with Crippen LogP contribution in [0.4, 0.5) is 8.78 Å². The van der Waals surface area contributed by atoms with Gasteiger partial charge in [0, 0.05) is 18.3 Å². The van der Waals surface area contributed by atoms with Crippen molar-refractivity contribution in [3.05, 3.63) is 29.6 Å². The van der Waals surface area contributed by atoms with Crippen LogP contribution in [0.25, 0.3) is 0 Å². The normalized spacial score (nSPS) is 10.5. The van der Waals surface area contributed by atoms with Gasteiger partial charge in [0.05, 0.1) is 0 Å². The summed E-state index contributed by atoms with van der Waals surface area (Å²) < 4.78 is 23.6. The van der Waals surface area contributed by atoms with Gasteiger partial charge in [-0.2, -0.15) is 0 Å². The van der Waals surface area contributed by atoms with E-state index in [0.717, 1.165) is 5.69 Å². The SMILES string of the molecule is Cc1ccc(CC(F)F)cn1. The summed E-state index contributed by atoms with van der Waals surface area (Å²) in [6, 6.07) is 3.41. The molecule has 0 amide bonds. The number of rotatable bonds is 2. The molecular formula is C8H9F2N. The molecule has 1 aromatic rings. The fourth-order valence-electron chi connectivity index (χ4n) is 0.797. The predicted octanol–water partition coefficient (Wildman–Crippen LogP) is 2.20. The van der Waals surface area contributed by atoms with Gasteiger partial charge in [-0.1, -0.05) is 6.07 Å². The van der Waals surface area contributed by atoms with Crippen molar-refractivity contribution in [3.8, 4) is 0 Å². The molecule has 1 heterocycles. The van der Waals surface area contributed by atoms with Crippen LogP contribution in [0, 0.1) is 6.92 Å². The van der Waals surface area contributed by atoms with E-state index >= 15 is 0 Å². The zero-order valence-electron chi connectivity index (χ0n) is 6.22. The first-order valence-corrected chi connectivity index (χ1v) is 3.38. The Hall–Kier alpha value is -0.990. The maximum absolute atomic E-state index is 11.8. The molecule has 0 saturated carbocycles. The first kappa shape index (κ1) is 8.11. The Morgan fingerprint density at radius 2 is 2.18 bits per heavy atom. The fourth-order valence-corrected chi connectivity index (χ4v) is 0.797. The van der Waals surface area contributed by atoms with Crippen LogP contribution in [-0.2, 0) is 6.42 Å². The zero-order valence-corrected chi connectivity index (χ0v) is 6.22. The summed E-state index contributed by atoms with van der Waals surface area (Å²) in [4.78, 5) is 3.90. The van der Waals surface area contributed by atoms with E-state index in [1.165, 1.54) is 6.20 Å². The van der Waals surface area contributed by atoms with E-state index in [9.17, 15) is 8.78 Å². The van der Waals surface area contributed by atoms with Gasteiger partial charge >= 0.3 is 0 Å². The van der Waals surface area contributed by atoms with Gasteiger partial charge in [0.2, 0.25) is 6.43 Å². The lowest BCUT2D eigenvalue weighted by Gasteiger charge is -1.98. The second-order valence-corrected chi connectivity index (χ2v) is 2.40. The van der Waals surface area contributed by atoms with E-state index in [4.69, 9.17) is 0 Å². The average molecular weight is 157 g/mol. The molecule has 0 radical (unpaired) electrons. The van der Waals surface area contributed by atoms with Crippen LogP contribution in [0.2, 0.25) is 0 Å². The number of pyridine rings is 1. The minimum Gasteiger partial charge on any atom is -0.261 e. The van der Waals surface area contributed by atoms with E-state index in [2.05, 4.69) is 4.98 Å². The first-order chi connectivity index (χ1) is 5.18. The Morgan fingerprint density at radius 1 is 1.45 bits per heavy atom. The number of hydrogen-bond acceptors (Lipinski definition) is 1. The van der Waals surface area contributed by atoms with Crippen molar-refractivity contribution < 1.29 is 8.78 Å². The van der Waals surface area contributed by atoms with Crippen LogP contribution in [-0.4, -0.2) is 11.4 Å². The highest BCUT2D eigenvalue weighted by molar-refractivity contribution is 5.13. The van der Waals surface area contributed by atoms with Crippen LogP contribution in [0.15, 0.2) is 18.3 Å². The number of nitrogens with zero attached hydrogens (tertiary/aromatic N) is 1. The lowest BCUT2D eigenvalue weighted by Crippen LogP contribution is -1.97. The van der Waals surface area contributed by atoms with E-state index in [0.29, 0.717) is 5.56 Å². The fraction of sp³-hybridized carbons (Fsp3) is 0.375. The number of aryl methyl sites for hydroxylation is 1. The van der Waals surface area contributed by atoms with Crippen molar-refractivity contribution in [1.82, 2.24) is 4.98 Å². The zero-order chi connectivity index (χ0) is 8.27. The van der Waals surface area contributed by atoms with Gasteiger partial charge in [0.25, 0.3) is 0 Å². The second kappa shape index (κ2) is 3.42. The molecule has 0 aliphatic rings. The number of alkyl halides is 2. The minimum atomic E-state index is -2.28. The molecule has 0 N–H and O–H groups in total. The molecule has 0 aliphatic carbocycles.